The van der Waals surface area contributed by atoms with Crippen molar-refractivity contribution < 1.29 is 33.5 Å². The maximum Gasteiger partial charge on any atom is 0.314 e. The Balaban J connectivity index is 3.91. The summed E-state index contributed by atoms with van der Waals surface area (Å²) in [7, 11) is 0. The molecule has 0 saturated carbocycles. The molecular formula is C28H46O7. The van der Waals surface area contributed by atoms with Gasteiger partial charge in [0.2, 0.25) is 0 Å². The van der Waals surface area contributed by atoms with Crippen LogP contribution in [0.5, 0.6) is 0 Å². The fourth-order valence-electron chi connectivity index (χ4n) is 4.11. The van der Waals surface area contributed by atoms with E-state index < -0.39 is 23.8 Å². The van der Waals surface area contributed by atoms with E-state index in [4.69, 9.17) is 4.74 Å². The molecule has 0 fully saturated rings. The van der Waals surface area contributed by atoms with Crippen molar-refractivity contribution in [3.63, 3.8) is 0 Å². The van der Waals surface area contributed by atoms with Crippen LogP contribution in [0.25, 0.3) is 0 Å². The van der Waals surface area contributed by atoms with Crippen LogP contribution in [0.1, 0.15) is 128 Å². The Morgan fingerprint density at radius 2 is 0.800 bits per heavy atom. The minimum atomic E-state index is -0.707. The molecule has 0 rings (SSSR count). The van der Waals surface area contributed by atoms with Crippen molar-refractivity contribution in [1.82, 2.24) is 0 Å². The van der Waals surface area contributed by atoms with Gasteiger partial charge in [-0.3, -0.25) is 9.59 Å². The van der Waals surface area contributed by atoms with E-state index in [0.717, 1.165) is 115 Å². The average molecular weight is 495 g/mol. The highest BCUT2D eigenvalue weighted by molar-refractivity contribution is 5.87. The lowest BCUT2D eigenvalue weighted by Gasteiger charge is -2.11. The topological polar surface area (TPSA) is 112 Å². The summed E-state index contributed by atoms with van der Waals surface area (Å²) in [4.78, 5) is 67.2. The standard InChI is InChI=1S/C28H46O7/c29-19-15-11-7-3-1-5-9-13-17-25(23-31)21-27(33)35-28(34)22-26(24-32)18-14-10-6-2-4-8-12-16-20-30/h19-20,23-26H,1-18,21-22H2. The second-order valence-electron chi connectivity index (χ2n) is 9.48. The van der Waals surface area contributed by atoms with Crippen molar-refractivity contribution in [2.45, 2.75) is 128 Å². The van der Waals surface area contributed by atoms with E-state index in [1.807, 2.05) is 0 Å². The number of aldehydes is 4. The summed E-state index contributed by atoms with van der Waals surface area (Å²) < 4.78 is 4.85. The maximum atomic E-state index is 12.0. The quantitative estimate of drug-likeness (QED) is 0.0638. The van der Waals surface area contributed by atoms with Crippen LogP contribution in [-0.2, 0) is 33.5 Å². The third-order valence-electron chi connectivity index (χ3n) is 6.26. The Morgan fingerprint density at radius 3 is 1.11 bits per heavy atom. The Kier molecular flexibility index (Phi) is 23.4. The number of unbranched alkanes of at least 4 members (excludes halogenated alkanes) is 14. The summed E-state index contributed by atoms with van der Waals surface area (Å²) >= 11 is 0. The number of rotatable bonds is 26. The van der Waals surface area contributed by atoms with Gasteiger partial charge in [0, 0.05) is 24.7 Å². The molecule has 0 aromatic rings. The zero-order chi connectivity index (χ0) is 26.0. The molecule has 0 aromatic carbocycles. The van der Waals surface area contributed by atoms with E-state index in [0.29, 0.717) is 25.7 Å². The lowest BCUT2D eigenvalue weighted by molar-refractivity contribution is -0.161. The molecule has 2 atom stereocenters. The third kappa shape index (κ3) is 22.1. The number of hydrogen-bond donors (Lipinski definition) is 0. The number of carbonyl (C=O) groups is 6. The first kappa shape index (κ1) is 32.8. The van der Waals surface area contributed by atoms with Crippen molar-refractivity contribution in [3.8, 4) is 0 Å². The van der Waals surface area contributed by atoms with Crippen molar-refractivity contribution >= 4 is 37.1 Å². The molecule has 7 heteroatoms. The van der Waals surface area contributed by atoms with E-state index in [-0.39, 0.29) is 12.8 Å². The molecule has 7 nitrogen and oxygen atoms in total. The minimum absolute atomic E-state index is 0.112. The Hall–Kier alpha value is -2.18. The predicted molar refractivity (Wildman–Crippen MR) is 135 cm³/mol. The van der Waals surface area contributed by atoms with E-state index in [1.54, 1.807) is 0 Å². The molecule has 0 aliphatic rings. The zero-order valence-electron chi connectivity index (χ0n) is 21.5. The number of esters is 2. The first-order valence-electron chi connectivity index (χ1n) is 13.6. The lowest BCUT2D eigenvalue weighted by atomic mass is 9.98. The molecule has 0 aliphatic carbocycles. The molecule has 0 heterocycles. The highest BCUT2D eigenvalue weighted by Gasteiger charge is 2.20. The van der Waals surface area contributed by atoms with Crippen LogP contribution < -0.4 is 0 Å². The van der Waals surface area contributed by atoms with E-state index in [2.05, 4.69) is 0 Å². The number of hydrogen-bond acceptors (Lipinski definition) is 7. The first-order chi connectivity index (χ1) is 17.1. The molecule has 0 N–H and O–H groups in total. The van der Waals surface area contributed by atoms with Crippen LogP contribution in [0.2, 0.25) is 0 Å². The zero-order valence-corrected chi connectivity index (χ0v) is 21.5. The van der Waals surface area contributed by atoms with Gasteiger partial charge in [-0.15, -0.1) is 0 Å². The third-order valence-corrected chi connectivity index (χ3v) is 6.26. The summed E-state index contributed by atoms with van der Waals surface area (Å²) in [5.74, 6) is -2.32. The fraction of sp³-hybridized carbons (Fsp3) is 0.786. The highest BCUT2D eigenvalue weighted by atomic mass is 16.6. The molecule has 0 bridgehead atoms. The number of ether oxygens (including phenoxy) is 1. The second kappa shape index (κ2) is 24.9. The lowest BCUT2D eigenvalue weighted by Crippen LogP contribution is -2.19. The Morgan fingerprint density at radius 1 is 0.486 bits per heavy atom. The number of carbonyl (C=O) groups excluding carboxylic acids is 6. The first-order valence-corrected chi connectivity index (χ1v) is 13.6. The maximum absolute atomic E-state index is 12.0. The molecular weight excluding hydrogens is 448 g/mol. The molecule has 0 spiro atoms. The van der Waals surface area contributed by atoms with Gasteiger partial charge in [0.15, 0.2) is 0 Å². The van der Waals surface area contributed by atoms with Crippen LogP contribution in [0, 0.1) is 11.8 Å². The fourth-order valence-corrected chi connectivity index (χ4v) is 4.11. The Bertz CT molecular complexity index is 538. The average Bonchev–Trinajstić information content (AvgIpc) is 2.85. The SMILES string of the molecule is O=CCCCCCCCCCC(C=O)CC(=O)OC(=O)CC(C=O)CCCCCCCCCC=O. The van der Waals surface area contributed by atoms with Crippen molar-refractivity contribution in [1.29, 1.82) is 0 Å². The summed E-state index contributed by atoms with van der Waals surface area (Å²) in [6.07, 6.45) is 19.8. The molecule has 2 unspecified atom stereocenters. The van der Waals surface area contributed by atoms with E-state index in [9.17, 15) is 28.8 Å². The van der Waals surface area contributed by atoms with Gasteiger partial charge in [-0.1, -0.05) is 77.0 Å². The van der Waals surface area contributed by atoms with Crippen LogP contribution in [0.15, 0.2) is 0 Å². The van der Waals surface area contributed by atoms with Gasteiger partial charge < -0.3 is 23.9 Å². The largest absolute Gasteiger partial charge is 0.393 e. The molecule has 200 valence electrons. The summed E-state index contributed by atoms with van der Waals surface area (Å²) in [5.41, 5.74) is 0. The minimum Gasteiger partial charge on any atom is -0.393 e. The van der Waals surface area contributed by atoms with E-state index in [1.165, 1.54) is 0 Å². The van der Waals surface area contributed by atoms with Gasteiger partial charge >= 0.3 is 11.9 Å². The Labute approximate surface area is 211 Å². The summed E-state index contributed by atoms with van der Waals surface area (Å²) in [5, 5.41) is 0. The monoisotopic (exact) mass is 494 g/mol. The molecule has 0 radical (unpaired) electrons. The van der Waals surface area contributed by atoms with Crippen LogP contribution in [0.3, 0.4) is 0 Å². The molecule has 0 amide bonds. The normalized spacial score (nSPS) is 12.5. The van der Waals surface area contributed by atoms with Crippen molar-refractivity contribution in [2.24, 2.45) is 11.8 Å². The van der Waals surface area contributed by atoms with Gasteiger partial charge in [-0.2, -0.15) is 0 Å². The van der Waals surface area contributed by atoms with Gasteiger partial charge in [-0.05, 0) is 25.7 Å². The van der Waals surface area contributed by atoms with Crippen LogP contribution in [-0.4, -0.2) is 37.1 Å². The second-order valence-corrected chi connectivity index (χ2v) is 9.48. The summed E-state index contributed by atoms with van der Waals surface area (Å²) in [6, 6.07) is 0. The smallest absolute Gasteiger partial charge is 0.314 e. The van der Waals surface area contributed by atoms with Crippen molar-refractivity contribution in [3.05, 3.63) is 0 Å². The van der Waals surface area contributed by atoms with Crippen molar-refractivity contribution in [2.75, 3.05) is 0 Å². The van der Waals surface area contributed by atoms with Gasteiger partial charge in [0.25, 0.3) is 0 Å². The highest BCUT2D eigenvalue weighted by Crippen LogP contribution is 2.17. The molecule has 0 aliphatic heterocycles. The van der Waals surface area contributed by atoms with Crippen LogP contribution >= 0.6 is 0 Å². The molecule has 0 aromatic heterocycles. The van der Waals surface area contributed by atoms with Gasteiger partial charge in [-0.25, -0.2) is 0 Å². The van der Waals surface area contributed by atoms with Crippen LogP contribution in [0.4, 0.5) is 0 Å². The molecule has 35 heavy (non-hydrogen) atoms. The predicted octanol–water partition coefficient (Wildman–Crippen LogP) is 5.89. The summed E-state index contributed by atoms with van der Waals surface area (Å²) in [6.45, 7) is 0. The van der Waals surface area contributed by atoms with Gasteiger partial charge in [0.1, 0.15) is 25.1 Å². The molecule has 0 saturated heterocycles. The van der Waals surface area contributed by atoms with Gasteiger partial charge in [0.05, 0.1) is 12.8 Å². The van der Waals surface area contributed by atoms with E-state index >= 15 is 0 Å².